The van der Waals surface area contributed by atoms with Crippen LogP contribution in [0.5, 0.6) is 0 Å². The van der Waals surface area contributed by atoms with E-state index < -0.39 is 5.31 Å². The van der Waals surface area contributed by atoms with E-state index in [1.807, 2.05) is 0 Å². The Bertz CT molecular complexity index is 651. The van der Waals surface area contributed by atoms with Gasteiger partial charge < -0.3 is 0 Å². The summed E-state index contributed by atoms with van der Waals surface area (Å²) in [4.78, 5) is 0. The molecule has 0 N–H and O–H groups in total. The van der Waals surface area contributed by atoms with Gasteiger partial charge in [-0.15, -0.1) is 0 Å². The van der Waals surface area contributed by atoms with E-state index in [1.54, 1.807) is 10.6 Å². The summed E-state index contributed by atoms with van der Waals surface area (Å²) in [5.74, 6) is 0. The minimum atomic E-state index is -2.39. The van der Waals surface area contributed by atoms with Gasteiger partial charge in [0.2, 0.25) is 0 Å². The molecule has 180 valence electrons. The van der Waals surface area contributed by atoms with Crippen molar-refractivity contribution in [3.63, 3.8) is 0 Å². The first-order valence-corrected chi connectivity index (χ1v) is 18.1. The van der Waals surface area contributed by atoms with Gasteiger partial charge in [0, 0.05) is 0 Å². The van der Waals surface area contributed by atoms with Crippen LogP contribution in [0, 0.1) is 0 Å². The molecule has 0 aliphatic rings. The van der Waals surface area contributed by atoms with Crippen molar-refractivity contribution in [3.8, 4) is 0 Å². The van der Waals surface area contributed by atoms with E-state index in [1.165, 1.54) is 102 Å². The van der Waals surface area contributed by atoms with E-state index in [0.29, 0.717) is 0 Å². The Morgan fingerprint density at radius 1 is 0.469 bits per heavy atom. The molecule has 0 nitrogen and oxygen atoms in total. The SMILES string of the molecule is CCCCCCCCCP(Br)(CCCCCCCCC)(c1ccccc1)c1ccccc1. The van der Waals surface area contributed by atoms with Gasteiger partial charge >= 0.3 is 208 Å². The van der Waals surface area contributed by atoms with Crippen LogP contribution < -0.4 is 10.6 Å². The average molecular weight is 520 g/mol. The molecule has 2 heteroatoms. The zero-order valence-electron chi connectivity index (χ0n) is 20.9. The van der Waals surface area contributed by atoms with E-state index in [-0.39, 0.29) is 0 Å². The van der Waals surface area contributed by atoms with Crippen LogP contribution in [0.2, 0.25) is 0 Å². The summed E-state index contributed by atoms with van der Waals surface area (Å²) in [6, 6.07) is 22.9. The van der Waals surface area contributed by atoms with Gasteiger partial charge in [-0.1, -0.05) is 0 Å². The summed E-state index contributed by atoms with van der Waals surface area (Å²) in [7, 11) is 0. The van der Waals surface area contributed by atoms with Gasteiger partial charge in [0.1, 0.15) is 0 Å². The zero-order valence-corrected chi connectivity index (χ0v) is 23.4. The normalized spacial score (nSPS) is 13.0. The fourth-order valence-corrected chi connectivity index (χ4v) is 13.1. The molecule has 0 radical (unpaired) electrons. The summed E-state index contributed by atoms with van der Waals surface area (Å²) in [5.41, 5.74) is 0. The number of hydrogen-bond donors (Lipinski definition) is 0. The van der Waals surface area contributed by atoms with Crippen LogP contribution in [0.1, 0.15) is 104 Å². The molecule has 0 amide bonds. The quantitative estimate of drug-likeness (QED) is 0.136. The van der Waals surface area contributed by atoms with Crippen molar-refractivity contribution in [3.05, 3.63) is 60.7 Å². The Hall–Kier alpha value is -0.650. The fraction of sp³-hybridized carbons (Fsp3) is 0.600. The van der Waals surface area contributed by atoms with Gasteiger partial charge in [-0.05, 0) is 0 Å². The van der Waals surface area contributed by atoms with Gasteiger partial charge in [-0.2, -0.15) is 0 Å². The summed E-state index contributed by atoms with van der Waals surface area (Å²) in [6.45, 7) is 4.61. The number of unbranched alkanes of at least 4 members (excludes halogenated alkanes) is 12. The van der Waals surface area contributed by atoms with Gasteiger partial charge in [-0.25, -0.2) is 0 Å². The first-order chi connectivity index (χ1) is 15.6. The van der Waals surface area contributed by atoms with Crippen molar-refractivity contribution in [2.45, 2.75) is 104 Å². The van der Waals surface area contributed by atoms with Crippen molar-refractivity contribution in [2.75, 3.05) is 12.3 Å². The molecule has 0 fully saturated rings. The van der Waals surface area contributed by atoms with E-state index >= 15 is 0 Å². The molecule has 32 heavy (non-hydrogen) atoms. The van der Waals surface area contributed by atoms with Gasteiger partial charge in [-0.3, -0.25) is 0 Å². The second-order valence-corrected chi connectivity index (χ2v) is 19.6. The molecular weight excluding hydrogens is 471 g/mol. The third kappa shape index (κ3) is 8.29. The Morgan fingerprint density at radius 2 is 0.781 bits per heavy atom. The first kappa shape index (κ1) is 27.6. The maximum absolute atomic E-state index is 4.63. The molecule has 2 aromatic rings. The third-order valence-electron chi connectivity index (χ3n) is 7.15. The molecule has 0 spiro atoms. The number of rotatable bonds is 18. The van der Waals surface area contributed by atoms with E-state index in [4.69, 9.17) is 0 Å². The minimum absolute atomic E-state index is 1.29. The number of hydrogen-bond acceptors (Lipinski definition) is 0. The summed E-state index contributed by atoms with van der Waals surface area (Å²) in [6.07, 6.45) is 21.8. The van der Waals surface area contributed by atoms with Crippen LogP contribution in [0.15, 0.2) is 60.7 Å². The van der Waals surface area contributed by atoms with Crippen molar-refractivity contribution in [1.29, 1.82) is 0 Å². The van der Waals surface area contributed by atoms with E-state index in [9.17, 15) is 0 Å². The third-order valence-corrected chi connectivity index (χ3v) is 17.2. The molecule has 0 bridgehead atoms. The molecule has 0 heterocycles. The molecule has 0 saturated carbocycles. The number of halogens is 1. The van der Waals surface area contributed by atoms with Crippen molar-refractivity contribution >= 4 is 31.4 Å². The monoisotopic (exact) mass is 518 g/mol. The molecule has 2 rings (SSSR count). The zero-order chi connectivity index (χ0) is 23.0. The van der Waals surface area contributed by atoms with E-state index in [2.05, 4.69) is 90.0 Å². The second-order valence-electron chi connectivity index (χ2n) is 9.74. The number of benzene rings is 2. The second kappa shape index (κ2) is 15.3. The molecule has 0 aromatic heterocycles. The summed E-state index contributed by atoms with van der Waals surface area (Å²) < 4.78 is 0. The molecule has 2 aromatic carbocycles. The van der Waals surface area contributed by atoms with Crippen LogP contribution in [-0.4, -0.2) is 12.3 Å². The van der Waals surface area contributed by atoms with Crippen LogP contribution in [0.4, 0.5) is 0 Å². The predicted octanol–water partition coefficient (Wildman–Crippen LogP) is 10.0. The van der Waals surface area contributed by atoms with Crippen molar-refractivity contribution in [2.24, 2.45) is 0 Å². The standard InChI is InChI=1S/C30H48BrP/c1-3-5-7-9-11-13-21-27-32(31,29-23-17-15-18-24-29,30-25-19-16-20-26-30)28-22-14-12-10-8-6-4-2/h15-20,23-26H,3-14,21-22,27-28H2,1-2H3. The van der Waals surface area contributed by atoms with Gasteiger partial charge in [0.15, 0.2) is 0 Å². The van der Waals surface area contributed by atoms with Crippen LogP contribution in [0.25, 0.3) is 0 Å². The summed E-state index contributed by atoms with van der Waals surface area (Å²) in [5, 5.41) is 0.721. The fourth-order valence-electron chi connectivity index (χ4n) is 5.11. The average Bonchev–Trinajstić information content (AvgIpc) is 2.84. The Kier molecular flexibility index (Phi) is 13.2. The van der Waals surface area contributed by atoms with Gasteiger partial charge in [0.25, 0.3) is 0 Å². The molecule has 0 atom stereocenters. The Balaban J connectivity index is 2.16. The van der Waals surface area contributed by atoms with Crippen molar-refractivity contribution in [1.82, 2.24) is 0 Å². The first-order valence-electron chi connectivity index (χ1n) is 13.5. The molecule has 0 saturated heterocycles. The topological polar surface area (TPSA) is 0 Å². The Morgan fingerprint density at radius 3 is 1.12 bits per heavy atom. The van der Waals surface area contributed by atoms with E-state index in [0.717, 1.165) is 0 Å². The Labute approximate surface area is 207 Å². The van der Waals surface area contributed by atoms with Crippen molar-refractivity contribution < 1.29 is 0 Å². The van der Waals surface area contributed by atoms with Crippen LogP contribution >= 0.6 is 20.8 Å². The van der Waals surface area contributed by atoms with Crippen LogP contribution in [0.3, 0.4) is 0 Å². The maximum atomic E-state index is 4.63. The van der Waals surface area contributed by atoms with Gasteiger partial charge in [0.05, 0.1) is 0 Å². The molecule has 0 aliphatic carbocycles. The predicted molar refractivity (Wildman–Crippen MR) is 154 cm³/mol. The molecular formula is C30H48BrP. The molecule has 0 unspecified atom stereocenters. The summed E-state index contributed by atoms with van der Waals surface area (Å²) >= 11 is 4.63. The molecule has 0 aliphatic heterocycles. The van der Waals surface area contributed by atoms with Crippen LogP contribution in [-0.2, 0) is 0 Å².